The molecule has 14 heteroatoms. The molecule has 0 amide bonds. The summed E-state index contributed by atoms with van der Waals surface area (Å²) in [6, 6.07) is 12.3. The average molecular weight is 538 g/mol. The van der Waals surface area contributed by atoms with Crippen molar-refractivity contribution >= 4 is 47.1 Å². The number of hydrogen-bond donors (Lipinski definition) is 2. The summed E-state index contributed by atoms with van der Waals surface area (Å²) in [5.74, 6) is -0.838. The van der Waals surface area contributed by atoms with E-state index < -0.39 is 12.2 Å². The highest BCUT2D eigenvalue weighted by Gasteiger charge is 2.30. The van der Waals surface area contributed by atoms with Gasteiger partial charge >= 0.3 is 6.36 Å². The van der Waals surface area contributed by atoms with Crippen LogP contribution in [-0.4, -0.2) is 32.5 Å². The van der Waals surface area contributed by atoms with Crippen molar-refractivity contribution in [1.82, 2.24) is 19.9 Å². The number of hydrazone groups is 1. The van der Waals surface area contributed by atoms with Crippen LogP contribution in [0.5, 0.6) is 5.75 Å². The van der Waals surface area contributed by atoms with Gasteiger partial charge in [0.15, 0.2) is 5.82 Å². The first kappa shape index (κ1) is 25.1. The molecule has 8 nitrogen and oxygen atoms in total. The van der Waals surface area contributed by atoms with Crippen LogP contribution < -0.4 is 15.5 Å². The Morgan fingerprint density at radius 1 is 0.917 bits per heavy atom. The van der Waals surface area contributed by atoms with E-state index in [0.717, 1.165) is 12.1 Å². The molecule has 4 rings (SSSR count). The topological polar surface area (TPSA) is 97.2 Å². The lowest BCUT2D eigenvalue weighted by Gasteiger charge is -2.10. The zero-order chi connectivity index (χ0) is 25.7. The van der Waals surface area contributed by atoms with Crippen molar-refractivity contribution < 1.29 is 22.3 Å². The smallest absolute Gasteiger partial charge is 0.406 e. The summed E-state index contributed by atoms with van der Waals surface area (Å²) in [7, 11) is 0. The van der Waals surface area contributed by atoms with Crippen molar-refractivity contribution in [2.24, 2.45) is 5.10 Å². The van der Waals surface area contributed by atoms with Crippen molar-refractivity contribution in [3.05, 3.63) is 82.2 Å². The summed E-state index contributed by atoms with van der Waals surface area (Å²) >= 11 is 12.0. The molecule has 0 bridgehead atoms. The molecule has 0 aliphatic rings. The Morgan fingerprint density at radius 2 is 1.67 bits per heavy atom. The van der Waals surface area contributed by atoms with Gasteiger partial charge in [-0.2, -0.15) is 20.1 Å². The summed E-state index contributed by atoms with van der Waals surface area (Å²) in [5.41, 5.74) is 2.98. The van der Waals surface area contributed by atoms with Gasteiger partial charge in [0.1, 0.15) is 17.4 Å². The van der Waals surface area contributed by atoms with Crippen molar-refractivity contribution in [2.45, 2.75) is 6.36 Å². The fourth-order valence-electron chi connectivity index (χ4n) is 2.79. The molecule has 4 aromatic rings. The number of alkyl halides is 3. The summed E-state index contributed by atoms with van der Waals surface area (Å²) in [5, 5.41) is 7.33. The molecule has 0 atom stereocenters. The largest absolute Gasteiger partial charge is 0.573 e. The van der Waals surface area contributed by atoms with Crippen LogP contribution in [-0.2, 0) is 0 Å². The van der Waals surface area contributed by atoms with Gasteiger partial charge in [0.05, 0.1) is 21.8 Å². The van der Waals surface area contributed by atoms with E-state index in [4.69, 9.17) is 23.2 Å². The minimum Gasteiger partial charge on any atom is -0.406 e. The van der Waals surface area contributed by atoms with E-state index in [1.807, 2.05) is 0 Å². The summed E-state index contributed by atoms with van der Waals surface area (Å²) in [4.78, 5) is 16.7. The van der Waals surface area contributed by atoms with Gasteiger partial charge in [-0.15, -0.1) is 13.2 Å². The molecule has 36 heavy (non-hydrogen) atoms. The molecule has 2 heterocycles. The second-order valence-electron chi connectivity index (χ2n) is 6.88. The van der Waals surface area contributed by atoms with Crippen molar-refractivity contribution in [1.29, 1.82) is 0 Å². The number of hydrogen-bond acceptors (Lipinski definition) is 8. The lowest BCUT2D eigenvalue weighted by atomic mass is 10.2. The summed E-state index contributed by atoms with van der Waals surface area (Å²) in [6.07, 6.45) is -2.07. The summed E-state index contributed by atoms with van der Waals surface area (Å²) < 4.78 is 55.2. The van der Waals surface area contributed by atoms with E-state index in [2.05, 4.69) is 40.5 Å². The second kappa shape index (κ2) is 10.7. The lowest BCUT2D eigenvalue weighted by molar-refractivity contribution is -0.274. The zero-order valence-corrected chi connectivity index (χ0v) is 19.3. The van der Waals surface area contributed by atoms with Gasteiger partial charge in [-0.25, -0.2) is 14.8 Å². The SMILES string of the molecule is Fc1cccc(Cl)c1-c1nc(N/N=C/c2ccc(OC(F)(F)F)cc2)nc(Nc2ccc(Cl)cn2)n1. The second-order valence-corrected chi connectivity index (χ2v) is 7.72. The molecule has 184 valence electrons. The van der Waals surface area contributed by atoms with Gasteiger partial charge in [0.25, 0.3) is 0 Å². The molecule has 0 aliphatic heterocycles. The molecule has 0 spiro atoms. The Bertz CT molecular complexity index is 1360. The molecule has 0 saturated carbocycles. The Kier molecular flexibility index (Phi) is 7.46. The van der Waals surface area contributed by atoms with Gasteiger partial charge in [-0.3, -0.25) is 0 Å². The van der Waals surface area contributed by atoms with Crippen LogP contribution in [0.2, 0.25) is 10.0 Å². The Hall–Kier alpha value is -4.03. The Labute approximate surface area is 211 Å². The Balaban J connectivity index is 1.60. The molecule has 2 N–H and O–H groups in total. The number of aromatic nitrogens is 4. The standard InChI is InChI=1S/C22H13Cl2F4N7O/c23-13-6-9-17(29-11-13)31-20-32-19(18-15(24)2-1-3-16(18)25)33-21(34-20)35-30-10-12-4-7-14(8-5-12)36-22(26,27)28/h1-11H,(H2,29,31,32,33,34,35)/b30-10+. The number of anilines is 3. The number of halogens is 6. The lowest BCUT2D eigenvalue weighted by Crippen LogP contribution is -2.17. The molecule has 0 unspecified atom stereocenters. The first-order valence-electron chi connectivity index (χ1n) is 9.90. The molecule has 2 aromatic heterocycles. The maximum atomic E-state index is 14.5. The number of benzene rings is 2. The fourth-order valence-corrected chi connectivity index (χ4v) is 3.15. The van der Waals surface area contributed by atoms with E-state index in [1.54, 1.807) is 12.1 Å². The highest BCUT2D eigenvalue weighted by Crippen LogP contribution is 2.29. The van der Waals surface area contributed by atoms with E-state index in [0.29, 0.717) is 16.4 Å². The molecular formula is C22H13Cl2F4N7O. The van der Waals surface area contributed by atoms with Crippen LogP contribution in [0.25, 0.3) is 11.4 Å². The number of nitrogens with zero attached hydrogens (tertiary/aromatic N) is 5. The number of pyridine rings is 1. The molecule has 0 aliphatic carbocycles. The first-order chi connectivity index (χ1) is 17.2. The van der Waals surface area contributed by atoms with Gasteiger partial charge < -0.3 is 10.1 Å². The predicted molar refractivity (Wildman–Crippen MR) is 127 cm³/mol. The van der Waals surface area contributed by atoms with Gasteiger partial charge in [-0.1, -0.05) is 29.3 Å². The molecule has 0 radical (unpaired) electrons. The highest BCUT2D eigenvalue weighted by molar-refractivity contribution is 6.33. The van der Waals surface area contributed by atoms with Crippen LogP contribution in [0.4, 0.5) is 35.3 Å². The predicted octanol–water partition coefficient (Wildman–Crippen LogP) is 6.47. The number of rotatable bonds is 7. The normalized spacial score (nSPS) is 11.5. The first-order valence-corrected chi connectivity index (χ1v) is 10.7. The third-order valence-electron chi connectivity index (χ3n) is 4.28. The minimum atomic E-state index is -4.79. The Morgan fingerprint density at radius 3 is 2.33 bits per heavy atom. The van der Waals surface area contributed by atoms with Gasteiger partial charge in [0, 0.05) is 6.20 Å². The van der Waals surface area contributed by atoms with E-state index >= 15 is 0 Å². The zero-order valence-electron chi connectivity index (χ0n) is 17.8. The van der Waals surface area contributed by atoms with Crippen LogP contribution in [0, 0.1) is 5.82 Å². The van der Waals surface area contributed by atoms with E-state index in [9.17, 15) is 17.6 Å². The third kappa shape index (κ3) is 6.77. The number of nitrogens with one attached hydrogen (secondary N) is 2. The summed E-state index contributed by atoms with van der Waals surface area (Å²) in [6.45, 7) is 0. The minimum absolute atomic E-state index is 0.000458. The van der Waals surface area contributed by atoms with E-state index in [-0.39, 0.29) is 34.1 Å². The highest BCUT2D eigenvalue weighted by atomic mass is 35.5. The van der Waals surface area contributed by atoms with Crippen LogP contribution >= 0.6 is 23.2 Å². The number of ether oxygens (including phenoxy) is 1. The van der Waals surface area contributed by atoms with Crippen LogP contribution in [0.1, 0.15) is 5.56 Å². The maximum Gasteiger partial charge on any atom is 0.573 e. The van der Waals surface area contributed by atoms with Crippen molar-refractivity contribution in [3.63, 3.8) is 0 Å². The van der Waals surface area contributed by atoms with Crippen LogP contribution in [0.3, 0.4) is 0 Å². The quantitative estimate of drug-likeness (QED) is 0.158. The van der Waals surface area contributed by atoms with Crippen LogP contribution in [0.15, 0.2) is 65.9 Å². The third-order valence-corrected chi connectivity index (χ3v) is 4.82. The van der Waals surface area contributed by atoms with Crippen molar-refractivity contribution in [3.8, 4) is 17.1 Å². The molecule has 2 aromatic carbocycles. The monoisotopic (exact) mass is 537 g/mol. The molecule has 0 saturated heterocycles. The maximum absolute atomic E-state index is 14.5. The van der Waals surface area contributed by atoms with Gasteiger partial charge in [0.2, 0.25) is 11.9 Å². The average Bonchev–Trinajstić information content (AvgIpc) is 2.81. The van der Waals surface area contributed by atoms with Crippen molar-refractivity contribution in [2.75, 3.05) is 10.7 Å². The fraction of sp³-hybridized carbons (Fsp3) is 0.0455. The molecular weight excluding hydrogens is 525 g/mol. The van der Waals surface area contributed by atoms with Gasteiger partial charge in [-0.05, 0) is 54.1 Å². The molecule has 0 fully saturated rings. The van der Waals surface area contributed by atoms with E-state index in [1.165, 1.54) is 42.7 Å².